The Balaban J connectivity index is 3.30. The minimum Gasteiger partial charge on any atom is -0.298 e. The minimum absolute atomic E-state index is 0.0971. The summed E-state index contributed by atoms with van der Waals surface area (Å²) in [6, 6.07) is -3.22. The van der Waals surface area contributed by atoms with Gasteiger partial charge in [-0.15, -0.1) is 11.6 Å². The molecule has 0 unspecified atom stereocenters. The van der Waals surface area contributed by atoms with Crippen molar-refractivity contribution in [3.05, 3.63) is 0 Å². The van der Waals surface area contributed by atoms with Crippen LogP contribution in [0.3, 0.4) is 0 Å². The summed E-state index contributed by atoms with van der Waals surface area (Å²) in [5.74, 6) is -6.86. The third-order valence-electron chi connectivity index (χ3n) is 3.48. The molecule has 1 heterocycles. The molecular weight excluding hydrogens is 390 g/mol. The fourth-order valence-corrected chi connectivity index (χ4v) is 2.27. The van der Waals surface area contributed by atoms with Crippen LogP contribution in [0.1, 0.15) is 13.8 Å². The Morgan fingerprint density at radius 3 is 1.58 bits per heavy atom. The van der Waals surface area contributed by atoms with E-state index in [9.17, 15) is 43.9 Å². The average molecular weight is 401 g/mol. The standard InChI is InChI=1S/C10H11ClF10N2O/c1-3-4(11)5(23-22-3)6(2,8(14,15)16)24-10(20,21)7(12,13)9(17,18)19/h3-5,22-23H,1-2H3/t3-,4+,5+,6-/m0/s1. The summed E-state index contributed by atoms with van der Waals surface area (Å²) in [5.41, 5.74) is -0.192. The summed E-state index contributed by atoms with van der Waals surface area (Å²) in [4.78, 5) is 0. The van der Waals surface area contributed by atoms with Gasteiger partial charge < -0.3 is 0 Å². The van der Waals surface area contributed by atoms with Gasteiger partial charge in [0, 0.05) is 6.04 Å². The first-order chi connectivity index (χ1) is 10.4. The quantitative estimate of drug-likeness (QED) is 0.559. The molecule has 1 saturated heterocycles. The minimum atomic E-state index is -6.86. The Morgan fingerprint density at radius 1 is 0.833 bits per heavy atom. The summed E-state index contributed by atoms with van der Waals surface area (Å²) in [6.45, 7) is 1.13. The number of halogens is 11. The molecule has 0 radical (unpaired) electrons. The van der Waals surface area contributed by atoms with E-state index in [0.29, 0.717) is 0 Å². The van der Waals surface area contributed by atoms with Gasteiger partial charge in [-0.05, 0) is 13.8 Å². The maximum atomic E-state index is 13.3. The average Bonchev–Trinajstić information content (AvgIpc) is 2.66. The van der Waals surface area contributed by atoms with Crippen LogP contribution in [-0.2, 0) is 4.74 Å². The zero-order valence-corrected chi connectivity index (χ0v) is 12.6. The highest BCUT2D eigenvalue weighted by Gasteiger charge is 2.78. The van der Waals surface area contributed by atoms with E-state index >= 15 is 0 Å². The molecule has 0 aromatic carbocycles. The zero-order chi connectivity index (χ0) is 19.4. The number of hydrazine groups is 1. The van der Waals surface area contributed by atoms with Crippen molar-refractivity contribution in [1.82, 2.24) is 10.9 Å². The molecule has 0 bridgehead atoms. The lowest BCUT2D eigenvalue weighted by molar-refractivity contribution is -0.463. The molecule has 1 aliphatic heterocycles. The van der Waals surface area contributed by atoms with Crippen molar-refractivity contribution >= 4 is 11.6 Å². The first kappa shape index (κ1) is 21.5. The maximum Gasteiger partial charge on any atom is 0.462 e. The van der Waals surface area contributed by atoms with E-state index in [1.165, 1.54) is 6.92 Å². The number of hydrogen-bond donors (Lipinski definition) is 2. The van der Waals surface area contributed by atoms with Gasteiger partial charge in [0.2, 0.25) is 0 Å². The first-order valence-corrected chi connectivity index (χ1v) is 6.56. The van der Waals surface area contributed by atoms with Gasteiger partial charge in [0.25, 0.3) is 0 Å². The predicted octanol–water partition coefficient (Wildman–Crippen LogP) is 3.59. The van der Waals surface area contributed by atoms with Crippen molar-refractivity contribution in [2.24, 2.45) is 0 Å². The van der Waals surface area contributed by atoms with Crippen LogP contribution in [0.25, 0.3) is 0 Å². The molecule has 3 nitrogen and oxygen atoms in total. The molecule has 144 valence electrons. The SMILES string of the molecule is C[C@@H]1NN[C@@H]([C@](C)(OC(F)(F)C(F)(F)C(F)(F)F)C(F)(F)F)[C@@H]1Cl. The highest BCUT2D eigenvalue weighted by molar-refractivity contribution is 6.21. The number of hydrogen-bond acceptors (Lipinski definition) is 3. The lowest BCUT2D eigenvalue weighted by Gasteiger charge is -2.41. The highest BCUT2D eigenvalue weighted by atomic mass is 35.5. The predicted molar refractivity (Wildman–Crippen MR) is 60.7 cm³/mol. The van der Waals surface area contributed by atoms with Gasteiger partial charge in [0.1, 0.15) is 0 Å². The topological polar surface area (TPSA) is 33.3 Å². The van der Waals surface area contributed by atoms with Crippen LogP contribution in [0.15, 0.2) is 0 Å². The molecule has 1 rings (SSSR count). The molecule has 0 amide bonds. The summed E-state index contributed by atoms with van der Waals surface area (Å²) >= 11 is 5.59. The fourth-order valence-electron chi connectivity index (χ4n) is 1.90. The summed E-state index contributed by atoms with van der Waals surface area (Å²) in [7, 11) is 0. The van der Waals surface area contributed by atoms with Gasteiger partial charge >= 0.3 is 24.4 Å². The van der Waals surface area contributed by atoms with E-state index in [1.807, 2.05) is 5.43 Å². The van der Waals surface area contributed by atoms with Gasteiger partial charge in [-0.25, -0.2) is 5.43 Å². The smallest absolute Gasteiger partial charge is 0.298 e. The lowest BCUT2D eigenvalue weighted by Crippen LogP contribution is -2.66. The van der Waals surface area contributed by atoms with Gasteiger partial charge in [-0.3, -0.25) is 10.2 Å². The zero-order valence-electron chi connectivity index (χ0n) is 11.8. The van der Waals surface area contributed by atoms with E-state index < -0.39 is 47.4 Å². The molecule has 0 aromatic heterocycles. The van der Waals surface area contributed by atoms with Crippen LogP contribution < -0.4 is 10.9 Å². The fraction of sp³-hybridized carbons (Fsp3) is 1.00. The molecule has 2 N–H and O–H groups in total. The Kier molecular flexibility index (Phi) is 5.40. The molecule has 4 atom stereocenters. The van der Waals surface area contributed by atoms with E-state index in [0.717, 1.165) is 0 Å². The normalized spacial score (nSPS) is 29.6. The molecule has 1 fully saturated rings. The van der Waals surface area contributed by atoms with Crippen LogP contribution in [0.4, 0.5) is 43.9 Å². The van der Waals surface area contributed by atoms with Crippen molar-refractivity contribution in [2.75, 3.05) is 0 Å². The molecule has 1 aliphatic rings. The monoisotopic (exact) mass is 400 g/mol. The Hall–Kier alpha value is -0.530. The Labute approximate surface area is 133 Å². The lowest BCUT2D eigenvalue weighted by atomic mass is 9.91. The number of alkyl halides is 11. The molecule has 14 heteroatoms. The number of nitrogens with one attached hydrogen (secondary N) is 2. The summed E-state index contributed by atoms with van der Waals surface area (Å²) in [6.07, 6.45) is -19.1. The summed E-state index contributed by atoms with van der Waals surface area (Å²) in [5, 5.41) is -1.60. The first-order valence-electron chi connectivity index (χ1n) is 6.13. The molecule has 0 saturated carbocycles. The second-order valence-corrected chi connectivity index (χ2v) is 5.80. The number of rotatable bonds is 4. The third kappa shape index (κ3) is 3.40. The second-order valence-electron chi connectivity index (χ2n) is 5.30. The van der Waals surface area contributed by atoms with E-state index in [-0.39, 0.29) is 6.92 Å². The van der Waals surface area contributed by atoms with Crippen molar-refractivity contribution in [1.29, 1.82) is 0 Å². The number of ether oxygens (including phenoxy) is 1. The van der Waals surface area contributed by atoms with Gasteiger partial charge in [-0.2, -0.15) is 43.9 Å². The van der Waals surface area contributed by atoms with Crippen LogP contribution in [0, 0.1) is 0 Å². The molecule has 0 aromatic rings. The molecule has 0 spiro atoms. The van der Waals surface area contributed by atoms with Crippen LogP contribution >= 0.6 is 11.6 Å². The van der Waals surface area contributed by atoms with Crippen molar-refractivity contribution in [2.45, 2.75) is 61.3 Å². The van der Waals surface area contributed by atoms with Crippen molar-refractivity contribution < 1.29 is 48.6 Å². The van der Waals surface area contributed by atoms with Gasteiger partial charge in [0.15, 0.2) is 5.60 Å². The second kappa shape index (κ2) is 6.02. The Morgan fingerprint density at radius 2 is 1.29 bits per heavy atom. The Bertz CT molecular complexity index is 468. The van der Waals surface area contributed by atoms with Crippen LogP contribution in [0.2, 0.25) is 0 Å². The van der Waals surface area contributed by atoms with E-state index in [1.54, 1.807) is 0 Å². The molecule has 24 heavy (non-hydrogen) atoms. The van der Waals surface area contributed by atoms with Crippen molar-refractivity contribution in [3.63, 3.8) is 0 Å². The highest BCUT2D eigenvalue weighted by Crippen LogP contribution is 2.51. The maximum absolute atomic E-state index is 13.3. The van der Waals surface area contributed by atoms with E-state index in [2.05, 4.69) is 10.2 Å². The van der Waals surface area contributed by atoms with Crippen LogP contribution in [0.5, 0.6) is 0 Å². The van der Waals surface area contributed by atoms with Gasteiger partial charge in [-0.1, -0.05) is 0 Å². The molecule has 0 aliphatic carbocycles. The largest absolute Gasteiger partial charge is 0.462 e. The van der Waals surface area contributed by atoms with E-state index in [4.69, 9.17) is 11.6 Å². The van der Waals surface area contributed by atoms with Crippen LogP contribution in [-0.4, -0.2) is 47.4 Å². The third-order valence-corrected chi connectivity index (χ3v) is 4.11. The molecular formula is C10H11ClF10N2O. The summed E-state index contributed by atoms with van der Waals surface area (Å²) < 4.78 is 131. The van der Waals surface area contributed by atoms with Crippen molar-refractivity contribution in [3.8, 4) is 0 Å². The van der Waals surface area contributed by atoms with Gasteiger partial charge in [0.05, 0.1) is 11.4 Å².